The van der Waals surface area contributed by atoms with Gasteiger partial charge in [-0.2, -0.15) is 0 Å². The summed E-state index contributed by atoms with van der Waals surface area (Å²) >= 11 is 0. The summed E-state index contributed by atoms with van der Waals surface area (Å²) in [4.78, 5) is 20.9. The lowest BCUT2D eigenvalue weighted by Crippen LogP contribution is -2.49. The maximum atomic E-state index is 12.6. The SMILES string of the molecule is CC(Cc1cnccn1)NC(=O)C(C)(C)Oc1ccc2c(c1)CCC2. The second-order valence-electron chi connectivity index (χ2n) is 7.17. The van der Waals surface area contributed by atoms with Crippen molar-refractivity contribution in [2.45, 2.75) is 58.1 Å². The summed E-state index contributed by atoms with van der Waals surface area (Å²) in [6, 6.07) is 6.09. The fraction of sp³-hybridized carbons (Fsp3) is 0.450. The third-order valence-corrected chi connectivity index (χ3v) is 4.50. The fourth-order valence-electron chi connectivity index (χ4n) is 3.15. The summed E-state index contributed by atoms with van der Waals surface area (Å²) in [6.07, 6.45) is 9.07. The maximum absolute atomic E-state index is 12.6. The van der Waals surface area contributed by atoms with E-state index in [4.69, 9.17) is 4.74 Å². The molecule has 1 aromatic heterocycles. The average Bonchev–Trinajstić information content (AvgIpc) is 3.03. The molecule has 0 saturated heterocycles. The molecule has 0 radical (unpaired) electrons. The Bertz CT molecular complexity index is 744. The number of aromatic nitrogens is 2. The van der Waals surface area contributed by atoms with Crippen LogP contribution in [0.2, 0.25) is 0 Å². The van der Waals surface area contributed by atoms with Crippen molar-refractivity contribution in [2.75, 3.05) is 0 Å². The Morgan fingerprint density at radius 3 is 2.84 bits per heavy atom. The number of carbonyl (C=O) groups is 1. The van der Waals surface area contributed by atoms with Crippen LogP contribution in [0.25, 0.3) is 0 Å². The molecule has 1 aromatic carbocycles. The van der Waals surface area contributed by atoms with Gasteiger partial charge in [-0.1, -0.05) is 6.07 Å². The van der Waals surface area contributed by atoms with Gasteiger partial charge in [0.2, 0.25) is 0 Å². The van der Waals surface area contributed by atoms with Gasteiger partial charge in [0.15, 0.2) is 5.60 Å². The highest BCUT2D eigenvalue weighted by atomic mass is 16.5. The Morgan fingerprint density at radius 1 is 1.28 bits per heavy atom. The molecule has 1 unspecified atom stereocenters. The lowest BCUT2D eigenvalue weighted by Gasteiger charge is -2.27. The number of rotatable bonds is 6. The van der Waals surface area contributed by atoms with Crippen molar-refractivity contribution in [1.82, 2.24) is 15.3 Å². The molecule has 0 aliphatic heterocycles. The predicted molar refractivity (Wildman–Crippen MR) is 96.5 cm³/mol. The maximum Gasteiger partial charge on any atom is 0.263 e. The smallest absolute Gasteiger partial charge is 0.263 e. The zero-order valence-corrected chi connectivity index (χ0v) is 15.1. The van der Waals surface area contributed by atoms with Gasteiger partial charge in [0, 0.05) is 31.1 Å². The summed E-state index contributed by atoms with van der Waals surface area (Å²) in [6.45, 7) is 5.55. The van der Waals surface area contributed by atoms with E-state index in [2.05, 4.69) is 27.4 Å². The molecule has 1 atom stereocenters. The summed E-state index contributed by atoms with van der Waals surface area (Å²) in [5, 5.41) is 3.01. The van der Waals surface area contributed by atoms with Crippen molar-refractivity contribution in [3.05, 3.63) is 53.6 Å². The number of nitrogens with one attached hydrogen (secondary N) is 1. The third kappa shape index (κ3) is 4.35. The van der Waals surface area contributed by atoms with Gasteiger partial charge in [-0.25, -0.2) is 0 Å². The Balaban J connectivity index is 1.60. The van der Waals surface area contributed by atoms with E-state index in [1.54, 1.807) is 32.4 Å². The summed E-state index contributed by atoms with van der Waals surface area (Å²) in [5.41, 5.74) is 2.65. The van der Waals surface area contributed by atoms with Crippen LogP contribution in [0.15, 0.2) is 36.8 Å². The van der Waals surface area contributed by atoms with Crippen molar-refractivity contribution < 1.29 is 9.53 Å². The fourth-order valence-corrected chi connectivity index (χ4v) is 3.15. The first-order valence-corrected chi connectivity index (χ1v) is 8.81. The Morgan fingerprint density at radius 2 is 2.08 bits per heavy atom. The van der Waals surface area contributed by atoms with Crippen LogP contribution in [-0.4, -0.2) is 27.5 Å². The molecule has 1 aliphatic rings. The van der Waals surface area contributed by atoms with Crippen molar-refractivity contribution in [3.8, 4) is 5.75 Å². The molecule has 3 rings (SSSR count). The second kappa shape index (κ2) is 7.21. The molecule has 1 heterocycles. The van der Waals surface area contributed by atoms with E-state index in [1.807, 2.05) is 13.0 Å². The van der Waals surface area contributed by atoms with Crippen LogP contribution in [0.1, 0.15) is 44.0 Å². The molecular weight excluding hydrogens is 314 g/mol. The summed E-state index contributed by atoms with van der Waals surface area (Å²) in [7, 11) is 0. The number of hydrogen-bond donors (Lipinski definition) is 1. The van der Waals surface area contributed by atoms with E-state index in [0.717, 1.165) is 24.3 Å². The summed E-state index contributed by atoms with van der Waals surface area (Å²) < 4.78 is 6.00. The monoisotopic (exact) mass is 339 g/mol. The van der Waals surface area contributed by atoms with Gasteiger partial charge in [-0.05, 0) is 63.3 Å². The molecule has 0 saturated carbocycles. The molecule has 1 amide bonds. The number of ether oxygens (including phenoxy) is 1. The molecular formula is C20H25N3O2. The second-order valence-corrected chi connectivity index (χ2v) is 7.17. The zero-order chi connectivity index (χ0) is 17.9. The van der Waals surface area contributed by atoms with Crippen molar-refractivity contribution in [3.63, 3.8) is 0 Å². The molecule has 132 valence electrons. The lowest BCUT2D eigenvalue weighted by molar-refractivity contribution is -0.134. The van der Waals surface area contributed by atoms with E-state index < -0.39 is 5.60 Å². The van der Waals surface area contributed by atoms with Gasteiger partial charge in [0.1, 0.15) is 5.75 Å². The Hall–Kier alpha value is -2.43. The normalized spacial score (nSPS) is 14.7. The highest BCUT2D eigenvalue weighted by Crippen LogP contribution is 2.28. The molecule has 5 nitrogen and oxygen atoms in total. The molecule has 0 fully saturated rings. The van der Waals surface area contributed by atoms with Crippen LogP contribution in [0, 0.1) is 0 Å². The van der Waals surface area contributed by atoms with Crippen molar-refractivity contribution >= 4 is 5.91 Å². The number of hydrogen-bond acceptors (Lipinski definition) is 4. The number of carbonyl (C=O) groups excluding carboxylic acids is 1. The first-order valence-electron chi connectivity index (χ1n) is 8.81. The molecule has 0 spiro atoms. The molecule has 25 heavy (non-hydrogen) atoms. The Labute approximate surface area is 148 Å². The molecule has 1 aliphatic carbocycles. The van der Waals surface area contributed by atoms with Gasteiger partial charge in [-0.3, -0.25) is 14.8 Å². The van der Waals surface area contributed by atoms with Gasteiger partial charge >= 0.3 is 0 Å². The standard InChI is InChI=1S/C20H25N3O2/c1-14(11-17-13-21-9-10-22-17)23-19(24)20(2,3)25-18-8-7-15-5-4-6-16(15)12-18/h7-10,12-14H,4-6,11H2,1-3H3,(H,23,24). The van der Waals surface area contributed by atoms with Crippen LogP contribution in [0.3, 0.4) is 0 Å². The van der Waals surface area contributed by atoms with Gasteiger partial charge in [0.05, 0.1) is 5.69 Å². The first kappa shape index (κ1) is 17.4. The first-order chi connectivity index (χ1) is 11.9. The largest absolute Gasteiger partial charge is 0.478 e. The van der Waals surface area contributed by atoms with E-state index >= 15 is 0 Å². The van der Waals surface area contributed by atoms with E-state index in [-0.39, 0.29) is 11.9 Å². The van der Waals surface area contributed by atoms with Gasteiger partial charge in [-0.15, -0.1) is 0 Å². The number of amides is 1. The Kier molecular flexibility index (Phi) is 5.02. The number of benzene rings is 1. The zero-order valence-electron chi connectivity index (χ0n) is 15.1. The number of aryl methyl sites for hydroxylation is 2. The minimum absolute atomic E-state index is 0.0490. The molecule has 5 heteroatoms. The van der Waals surface area contributed by atoms with Crippen molar-refractivity contribution in [2.24, 2.45) is 0 Å². The van der Waals surface area contributed by atoms with Gasteiger partial charge < -0.3 is 10.1 Å². The van der Waals surface area contributed by atoms with E-state index in [0.29, 0.717) is 6.42 Å². The minimum atomic E-state index is -0.941. The number of nitrogens with zero attached hydrogens (tertiary/aromatic N) is 2. The molecule has 2 aromatic rings. The minimum Gasteiger partial charge on any atom is -0.478 e. The van der Waals surface area contributed by atoms with Crippen LogP contribution in [0.5, 0.6) is 5.75 Å². The number of fused-ring (bicyclic) bond motifs is 1. The summed E-state index contributed by atoms with van der Waals surface area (Å²) in [5.74, 6) is 0.617. The van der Waals surface area contributed by atoms with Crippen LogP contribution >= 0.6 is 0 Å². The highest BCUT2D eigenvalue weighted by molar-refractivity contribution is 5.85. The lowest BCUT2D eigenvalue weighted by atomic mass is 10.1. The predicted octanol–water partition coefficient (Wildman–Crippen LogP) is 2.87. The third-order valence-electron chi connectivity index (χ3n) is 4.50. The van der Waals surface area contributed by atoms with Crippen LogP contribution in [-0.2, 0) is 24.1 Å². The molecule has 1 N–H and O–H groups in total. The van der Waals surface area contributed by atoms with Crippen LogP contribution < -0.4 is 10.1 Å². The molecule has 0 bridgehead atoms. The average molecular weight is 339 g/mol. The van der Waals surface area contributed by atoms with Crippen molar-refractivity contribution in [1.29, 1.82) is 0 Å². The topological polar surface area (TPSA) is 64.1 Å². The van der Waals surface area contributed by atoms with E-state index in [1.165, 1.54) is 17.5 Å². The quantitative estimate of drug-likeness (QED) is 0.879. The van der Waals surface area contributed by atoms with E-state index in [9.17, 15) is 4.79 Å². The van der Waals surface area contributed by atoms with Crippen LogP contribution in [0.4, 0.5) is 0 Å². The van der Waals surface area contributed by atoms with Gasteiger partial charge in [0.25, 0.3) is 5.91 Å². The highest BCUT2D eigenvalue weighted by Gasteiger charge is 2.31.